The number of likely N-dealkylation sites (tertiary alicyclic amines) is 1. The number of fused-ring (bicyclic) bond motifs is 1. The number of pyridine rings is 1. The van der Waals surface area contributed by atoms with Crippen LogP contribution in [0.3, 0.4) is 0 Å². The van der Waals surface area contributed by atoms with E-state index in [1.165, 1.54) is 0 Å². The molecule has 7 heteroatoms. The number of aryl methyl sites for hydroxylation is 1. The molecule has 0 bridgehead atoms. The zero-order chi connectivity index (χ0) is 21.4. The van der Waals surface area contributed by atoms with Gasteiger partial charge in [0.05, 0.1) is 29.7 Å². The van der Waals surface area contributed by atoms with Crippen molar-refractivity contribution in [1.29, 1.82) is 0 Å². The van der Waals surface area contributed by atoms with Gasteiger partial charge in [-0.1, -0.05) is 0 Å². The number of morpholine rings is 1. The predicted octanol–water partition coefficient (Wildman–Crippen LogP) is 3.28. The van der Waals surface area contributed by atoms with Crippen molar-refractivity contribution in [3.05, 3.63) is 23.5 Å². The Balaban J connectivity index is 1.39. The summed E-state index contributed by atoms with van der Waals surface area (Å²) in [6.07, 6.45) is 4.55. The Bertz CT molecular complexity index is 890. The van der Waals surface area contributed by atoms with Crippen molar-refractivity contribution in [2.45, 2.75) is 65.7 Å². The van der Waals surface area contributed by atoms with E-state index in [9.17, 15) is 4.79 Å². The Hall–Kier alpha value is -1.99. The summed E-state index contributed by atoms with van der Waals surface area (Å²) in [7, 11) is 0. The molecule has 2 unspecified atom stereocenters. The van der Waals surface area contributed by atoms with E-state index in [1.54, 1.807) is 0 Å². The van der Waals surface area contributed by atoms with Crippen LogP contribution in [0.1, 0.15) is 62.6 Å². The molecule has 2 aromatic heterocycles. The van der Waals surface area contributed by atoms with Crippen molar-refractivity contribution >= 4 is 16.9 Å². The molecule has 0 saturated carbocycles. The summed E-state index contributed by atoms with van der Waals surface area (Å²) in [6, 6.07) is 2.21. The predicted molar refractivity (Wildman–Crippen MR) is 118 cm³/mol. The van der Waals surface area contributed by atoms with Crippen LogP contribution in [-0.4, -0.2) is 75.4 Å². The molecule has 2 atom stereocenters. The number of ether oxygens (including phenoxy) is 1. The summed E-state index contributed by atoms with van der Waals surface area (Å²) in [5.41, 5.74) is 2.35. The van der Waals surface area contributed by atoms with Crippen LogP contribution >= 0.6 is 0 Å². The molecule has 2 fully saturated rings. The van der Waals surface area contributed by atoms with E-state index in [2.05, 4.69) is 37.7 Å². The summed E-state index contributed by atoms with van der Waals surface area (Å²) in [6.45, 7) is 15.2. The van der Waals surface area contributed by atoms with E-state index < -0.39 is 0 Å². The van der Waals surface area contributed by atoms with E-state index in [4.69, 9.17) is 9.72 Å². The highest BCUT2D eigenvalue weighted by Gasteiger charge is 2.29. The normalized spacial score (nSPS) is 24.1. The molecule has 0 N–H and O–H groups in total. The van der Waals surface area contributed by atoms with E-state index in [0.29, 0.717) is 23.7 Å². The standard InChI is InChI=1S/C23H35N5O2/c1-15(2)28-22-20(11-24-28)10-21(18(5)25-22)23(29)27-8-6-19(7-9-27)14-26-12-16(3)30-17(4)13-26/h10-11,15-17,19H,6-9,12-14H2,1-5H3. The van der Waals surface area contributed by atoms with Gasteiger partial charge < -0.3 is 9.64 Å². The van der Waals surface area contributed by atoms with Crippen LogP contribution in [0.15, 0.2) is 12.3 Å². The number of amides is 1. The number of carbonyl (C=O) groups is 1. The van der Waals surface area contributed by atoms with Gasteiger partial charge in [0.1, 0.15) is 0 Å². The van der Waals surface area contributed by atoms with Crippen molar-refractivity contribution in [1.82, 2.24) is 24.6 Å². The molecule has 0 spiro atoms. The van der Waals surface area contributed by atoms with Crippen LogP contribution in [0, 0.1) is 12.8 Å². The van der Waals surface area contributed by atoms with Crippen LogP contribution in [0.5, 0.6) is 0 Å². The van der Waals surface area contributed by atoms with Crippen LogP contribution in [0.2, 0.25) is 0 Å². The lowest BCUT2D eigenvalue weighted by molar-refractivity contribution is -0.0728. The SMILES string of the molecule is Cc1nc2c(cnn2C(C)C)cc1C(=O)N1CCC(CN2CC(C)OC(C)C2)CC1. The van der Waals surface area contributed by atoms with Crippen LogP contribution in [0.25, 0.3) is 11.0 Å². The minimum atomic E-state index is 0.103. The third kappa shape index (κ3) is 4.37. The largest absolute Gasteiger partial charge is 0.373 e. The molecule has 2 aliphatic heterocycles. The molecule has 2 aromatic rings. The molecule has 7 nitrogen and oxygen atoms in total. The molecular weight excluding hydrogens is 378 g/mol. The second-order valence-electron chi connectivity index (χ2n) is 9.43. The van der Waals surface area contributed by atoms with E-state index in [1.807, 2.05) is 28.8 Å². The van der Waals surface area contributed by atoms with Gasteiger partial charge in [-0.3, -0.25) is 9.69 Å². The Morgan fingerprint density at radius 3 is 2.50 bits per heavy atom. The smallest absolute Gasteiger partial charge is 0.255 e. The summed E-state index contributed by atoms with van der Waals surface area (Å²) in [5, 5.41) is 5.37. The molecule has 0 radical (unpaired) electrons. The Morgan fingerprint density at radius 2 is 1.87 bits per heavy atom. The first kappa shape index (κ1) is 21.2. The quantitative estimate of drug-likeness (QED) is 0.770. The maximum absolute atomic E-state index is 13.2. The van der Waals surface area contributed by atoms with Gasteiger partial charge in [-0.05, 0) is 59.4 Å². The molecule has 0 aliphatic carbocycles. The first-order chi connectivity index (χ1) is 14.3. The van der Waals surface area contributed by atoms with Crippen LogP contribution in [-0.2, 0) is 4.74 Å². The van der Waals surface area contributed by atoms with Gasteiger partial charge in [0.2, 0.25) is 0 Å². The minimum Gasteiger partial charge on any atom is -0.373 e. The number of hydrogen-bond donors (Lipinski definition) is 0. The zero-order valence-electron chi connectivity index (χ0n) is 19.0. The molecule has 2 saturated heterocycles. The van der Waals surface area contributed by atoms with E-state index >= 15 is 0 Å². The lowest BCUT2D eigenvalue weighted by Crippen LogP contribution is -2.48. The zero-order valence-corrected chi connectivity index (χ0v) is 19.0. The number of rotatable bonds is 4. The number of hydrogen-bond acceptors (Lipinski definition) is 5. The number of piperidine rings is 1. The lowest BCUT2D eigenvalue weighted by Gasteiger charge is -2.39. The van der Waals surface area contributed by atoms with Gasteiger partial charge in [-0.15, -0.1) is 0 Å². The van der Waals surface area contributed by atoms with Crippen molar-refractivity contribution in [3.63, 3.8) is 0 Å². The molecular formula is C23H35N5O2. The fourth-order valence-corrected chi connectivity index (χ4v) is 4.95. The molecule has 0 aromatic carbocycles. The highest BCUT2D eigenvalue weighted by Crippen LogP contribution is 2.24. The lowest BCUT2D eigenvalue weighted by atomic mass is 9.95. The van der Waals surface area contributed by atoms with Crippen LogP contribution < -0.4 is 0 Å². The fraction of sp³-hybridized carbons (Fsp3) is 0.696. The second-order valence-corrected chi connectivity index (χ2v) is 9.43. The van der Waals surface area contributed by atoms with E-state index in [0.717, 1.165) is 62.3 Å². The highest BCUT2D eigenvalue weighted by atomic mass is 16.5. The molecule has 30 heavy (non-hydrogen) atoms. The summed E-state index contributed by atoms with van der Waals surface area (Å²) in [4.78, 5) is 22.5. The summed E-state index contributed by atoms with van der Waals surface area (Å²) >= 11 is 0. The van der Waals surface area contributed by atoms with Crippen molar-refractivity contribution in [3.8, 4) is 0 Å². The second kappa shape index (κ2) is 8.63. The third-order valence-corrected chi connectivity index (χ3v) is 6.39. The number of nitrogens with zero attached hydrogens (tertiary/aromatic N) is 5. The van der Waals surface area contributed by atoms with Gasteiger partial charge in [-0.25, -0.2) is 9.67 Å². The first-order valence-corrected chi connectivity index (χ1v) is 11.3. The van der Waals surface area contributed by atoms with Gasteiger partial charge in [0.15, 0.2) is 5.65 Å². The average molecular weight is 414 g/mol. The van der Waals surface area contributed by atoms with Gasteiger partial charge >= 0.3 is 0 Å². The average Bonchev–Trinajstić information content (AvgIpc) is 3.09. The Kier molecular flexibility index (Phi) is 6.11. The van der Waals surface area contributed by atoms with Gasteiger partial charge in [0.25, 0.3) is 5.91 Å². The van der Waals surface area contributed by atoms with Gasteiger partial charge in [-0.2, -0.15) is 5.10 Å². The van der Waals surface area contributed by atoms with Crippen molar-refractivity contribution < 1.29 is 9.53 Å². The topological polar surface area (TPSA) is 63.5 Å². The maximum Gasteiger partial charge on any atom is 0.255 e. The molecule has 2 aliphatic rings. The summed E-state index contributed by atoms with van der Waals surface area (Å²) < 4.78 is 7.76. The Labute approximate surface area is 179 Å². The molecule has 164 valence electrons. The Morgan fingerprint density at radius 1 is 1.20 bits per heavy atom. The maximum atomic E-state index is 13.2. The monoisotopic (exact) mass is 413 g/mol. The van der Waals surface area contributed by atoms with E-state index in [-0.39, 0.29) is 11.9 Å². The minimum absolute atomic E-state index is 0.103. The van der Waals surface area contributed by atoms with Crippen molar-refractivity contribution in [2.75, 3.05) is 32.7 Å². The third-order valence-electron chi connectivity index (χ3n) is 6.39. The first-order valence-electron chi connectivity index (χ1n) is 11.3. The number of aromatic nitrogens is 3. The summed E-state index contributed by atoms with van der Waals surface area (Å²) in [5.74, 6) is 0.754. The highest BCUT2D eigenvalue weighted by molar-refractivity contribution is 5.98. The van der Waals surface area contributed by atoms with Gasteiger partial charge in [0, 0.05) is 44.2 Å². The van der Waals surface area contributed by atoms with Crippen LogP contribution in [0.4, 0.5) is 0 Å². The molecule has 1 amide bonds. The molecule has 4 heterocycles. The van der Waals surface area contributed by atoms with Crippen molar-refractivity contribution in [2.24, 2.45) is 5.92 Å². The number of carbonyl (C=O) groups excluding carboxylic acids is 1. The fourth-order valence-electron chi connectivity index (χ4n) is 4.95. The molecule has 4 rings (SSSR count).